The molecule has 2 aromatic rings. The summed E-state index contributed by atoms with van der Waals surface area (Å²) in [5.74, 6) is -0.623. The molecule has 0 aliphatic heterocycles. The van der Waals surface area contributed by atoms with Crippen LogP contribution >= 0.6 is 11.6 Å². The number of nitrogens with zero attached hydrogens (tertiary/aromatic N) is 2. The highest BCUT2D eigenvalue weighted by atomic mass is 35.5. The highest BCUT2D eigenvalue weighted by Gasteiger charge is 2.15. The Morgan fingerprint density at radius 3 is 2.10 bits per heavy atom. The average Bonchev–Trinajstić information content (AvgIpc) is 2.59. The molecule has 0 aliphatic rings. The smallest absolute Gasteiger partial charge is 0.271 e. The van der Waals surface area contributed by atoms with Crippen LogP contribution in [0.4, 0.5) is 17.1 Å². The molecule has 2 N–H and O–H groups in total. The van der Waals surface area contributed by atoms with Gasteiger partial charge in [0.25, 0.3) is 5.69 Å². The predicted molar refractivity (Wildman–Crippen MR) is 114 cm³/mol. The lowest BCUT2D eigenvalue weighted by Gasteiger charge is -2.18. The molecule has 0 spiro atoms. The Balaban J connectivity index is 1.92. The Morgan fingerprint density at radius 2 is 1.59 bits per heavy atom. The molecule has 0 atom stereocenters. The molecule has 0 radical (unpaired) electrons. The molecule has 154 valence electrons. The van der Waals surface area contributed by atoms with E-state index in [4.69, 9.17) is 11.6 Å². The molecule has 29 heavy (non-hydrogen) atoms. The Labute approximate surface area is 174 Å². The maximum atomic E-state index is 12.3. The van der Waals surface area contributed by atoms with Gasteiger partial charge in [0.1, 0.15) is 0 Å². The third kappa shape index (κ3) is 6.27. The Kier molecular flexibility index (Phi) is 7.30. The molecule has 0 bridgehead atoms. The second-order valence-corrected chi connectivity index (χ2v) is 7.37. The lowest BCUT2D eigenvalue weighted by molar-refractivity contribution is -0.384. The van der Waals surface area contributed by atoms with Crippen molar-refractivity contribution >= 4 is 40.5 Å². The Morgan fingerprint density at radius 1 is 1.03 bits per heavy atom. The van der Waals surface area contributed by atoms with Gasteiger partial charge < -0.3 is 10.6 Å². The van der Waals surface area contributed by atoms with Crippen LogP contribution in [-0.4, -0.2) is 41.8 Å². The summed E-state index contributed by atoms with van der Waals surface area (Å²) in [5, 5.41) is 16.3. The number of non-ortho nitro benzene ring substituents is 1. The molecule has 0 fully saturated rings. The van der Waals surface area contributed by atoms with Crippen molar-refractivity contribution in [1.82, 2.24) is 4.90 Å². The van der Waals surface area contributed by atoms with Crippen molar-refractivity contribution in [1.29, 1.82) is 0 Å². The van der Waals surface area contributed by atoms with Gasteiger partial charge in [-0.25, -0.2) is 0 Å². The summed E-state index contributed by atoms with van der Waals surface area (Å²) in [4.78, 5) is 36.3. The van der Waals surface area contributed by atoms with Crippen molar-refractivity contribution in [3.8, 4) is 0 Å². The first-order valence-corrected chi connectivity index (χ1v) is 9.24. The minimum Gasteiger partial charge on any atom is -0.324 e. The topological polar surface area (TPSA) is 105 Å². The SMILES string of the molecule is Cc1cc(C)c(NC(=O)CN(C)CC(=O)Nc2ccc([N+](=O)[O-])cc2Cl)c(C)c1. The van der Waals surface area contributed by atoms with E-state index in [1.807, 2.05) is 32.9 Å². The van der Waals surface area contributed by atoms with Crippen molar-refractivity contribution in [2.75, 3.05) is 30.8 Å². The first-order valence-electron chi connectivity index (χ1n) is 8.87. The number of nitrogens with one attached hydrogen (secondary N) is 2. The molecule has 0 heterocycles. The van der Waals surface area contributed by atoms with Gasteiger partial charge in [0, 0.05) is 17.8 Å². The number of likely N-dealkylation sites (N-methyl/N-ethyl adjacent to an activating group) is 1. The Hall–Kier alpha value is -2.97. The van der Waals surface area contributed by atoms with E-state index < -0.39 is 10.8 Å². The van der Waals surface area contributed by atoms with E-state index >= 15 is 0 Å². The largest absolute Gasteiger partial charge is 0.324 e. The molecule has 2 amide bonds. The number of amides is 2. The van der Waals surface area contributed by atoms with Gasteiger partial charge in [-0.15, -0.1) is 0 Å². The lowest BCUT2D eigenvalue weighted by Crippen LogP contribution is -2.36. The zero-order chi connectivity index (χ0) is 21.7. The second-order valence-electron chi connectivity index (χ2n) is 6.96. The third-order valence-electron chi connectivity index (χ3n) is 4.21. The maximum Gasteiger partial charge on any atom is 0.271 e. The molecule has 0 aromatic heterocycles. The molecular weight excluding hydrogens is 396 g/mol. The summed E-state index contributed by atoms with van der Waals surface area (Å²) < 4.78 is 0. The number of halogens is 1. The number of carbonyl (C=O) groups is 2. The number of nitro groups is 1. The van der Waals surface area contributed by atoms with Gasteiger partial charge >= 0.3 is 0 Å². The molecule has 0 unspecified atom stereocenters. The standard InChI is InChI=1S/C20H23ClN4O4/c1-12-7-13(2)20(14(3)8-12)23-19(27)11-24(4)10-18(26)22-17-6-5-15(25(28)29)9-16(17)21/h5-9H,10-11H2,1-4H3,(H,22,26)(H,23,27). The monoisotopic (exact) mass is 418 g/mol. The van der Waals surface area contributed by atoms with Crippen LogP contribution in [-0.2, 0) is 9.59 Å². The van der Waals surface area contributed by atoms with Crippen LogP contribution in [0, 0.1) is 30.9 Å². The van der Waals surface area contributed by atoms with Gasteiger partial charge in [-0.2, -0.15) is 0 Å². The zero-order valence-corrected chi connectivity index (χ0v) is 17.5. The number of hydrogen-bond donors (Lipinski definition) is 2. The first-order chi connectivity index (χ1) is 13.6. The molecule has 0 saturated carbocycles. The lowest BCUT2D eigenvalue weighted by atomic mass is 10.1. The minimum atomic E-state index is -0.568. The summed E-state index contributed by atoms with van der Waals surface area (Å²) in [6.07, 6.45) is 0. The number of carbonyl (C=O) groups excluding carboxylic acids is 2. The van der Waals surface area contributed by atoms with Gasteiger partial charge in [0.15, 0.2) is 0 Å². The highest BCUT2D eigenvalue weighted by molar-refractivity contribution is 6.34. The number of rotatable bonds is 7. The predicted octanol–water partition coefficient (Wildman–Crippen LogP) is 3.68. The average molecular weight is 419 g/mol. The van der Waals surface area contributed by atoms with Crippen LogP contribution < -0.4 is 10.6 Å². The van der Waals surface area contributed by atoms with Crippen molar-refractivity contribution in [3.05, 3.63) is 62.2 Å². The van der Waals surface area contributed by atoms with E-state index in [1.165, 1.54) is 18.2 Å². The van der Waals surface area contributed by atoms with E-state index in [1.54, 1.807) is 11.9 Å². The van der Waals surface area contributed by atoms with Crippen LogP contribution in [0.2, 0.25) is 5.02 Å². The summed E-state index contributed by atoms with van der Waals surface area (Å²) in [6, 6.07) is 7.78. The van der Waals surface area contributed by atoms with Crippen LogP contribution in [0.1, 0.15) is 16.7 Å². The van der Waals surface area contributed by atoms with Crippen LogP contribution in [0.3, 0.4) is 0 Å². The summed E-state index contributed by atoms with van der Waals surface area (Å²) >= 11 is 5.97. The van der Waals surface area contributed by atoms with E-state index in [-0.39, 0.29) is 35.4 Å². The second kappa shape index (κ2) is 9.49. The summed E-state index contributed by atoms with van der Waals surface area (Å²) in [5.41, 5.74) is 3.95. The number of hydrogen-bond acceptors (Lipinski definition) is 5. The van der Waals surface area contributed by atoms with E-state index in [2.05, 4.69) is 10.6 Å². The van der Waals surface area contributed by atoms with Crippen LogP contribution in [0.5, 0.6) is 0 Å². The van der Waals surface area contributed by atoms with E-state index in [0.717, 1.165) is 22.4 Å². The molecule has 0 saturated heterocycles. The van der Waals surface area contributed by atoms with Crippen LogP contribution in [0.25, 0.3) is 0 Å². The fourth-order valence-electron chi connectivity index (χ4n) is 3.01. The molecule has 8 nitrogen and oxygen atoms in total. The molecule has 0 aliphatic carbocycles. The van der Waals surface area contributed by atoms with Crippen molar-refractivity contribution in [2.45, 2.75) is 20.8 Å². The third-order valence-corrected chi connectivity index (χ3v) is 4.52. The van der Waals surface area contributed by atoms with E-state index in [0.29, 0.717) is 0 Å². The van der Waals surface area contributed by atoms with Crippen molar-refractivity contribution < 1.29 is 14.5 Å². The minimum absolute atomic E-state index is 0.0220. The van der Waals surface area contributed by atoms with Gasteiger partial charge in [0.2, 0.25) is 11.8 Å². The fourth-order valence-corrected chi connectivity index (χ4v) is 3.23. The number of nitro benzene ring substituents is 1. The Bertz CT molecular complexity index is 938. The number of benzene rings is 2. The fraction of sp³-hybridized carbons (Fsp3) is 0.300. The normalized spacial score (nSPS) is 10.7. The number of anilines is 2. The summed E-state index contributed by atoms with van der Waals surface area (Å²) in [6.45, 7) is 5.83. The first kappa shape index (κ1) is 22.3. The van der Waals surface area contributed by atoms with Gasteiger partial charge in [-0.05, 0) is 45.0 Å². The van der Waals surface area contributed by atoms with Gasteiger partial charge in [-0.3, -0.25) is 24.6 Å². The molecule has 2 rings (SSSR count). The van der Waals surface area contributed by atoms with Crippen LogP contribution in [0.15, 0.2) is 30.3 Å². The molecule has 9 heteroatoms. The van der Waals surface area contributed by atoms with Gasteiger partial charge in [-0.1, -0.05) is 29.3 Å². The summed E-state index contributed by atoms with van der Waals surface area (Å²) in [7, 11) is 1.64. The highest BCUT2D eigenvalue weighted by Crippen LogP contribution is 2.26. The maximum absolute atomic E-state index is 12.3. The number of aryl methyl sites for hydroxylation is 3. The van der Waals surface area contributed by atoms with Gasteiger partial charge in [0.05, 0.1) is 28.7 Å². The molecular formula is C20H23ClN4O4. The van der Waals surface area contributed by atoms with E-state index in [9.17, 15) is 19.7 Å². The zero-order valence-electron chi connectivity index (χ0n) is 16.7. The van der Waals surface area contributed by atoms with Crippen molar-refractivity contribution in [2.24, 2.45) is 0 Å². The quantitative estimate of drug-likeness (QED) is 0.527. The van der Waals surface area contributed by atoms with Crippen molar-refractivity contribution in [3.63, 3.8) is 0 Å². The molecule has 2 aromatic carbocycles.